The van der Waals surface area contributed by atoms with Crippen molar-refractivity contribution >= 4 is 45.9 Å². The third-order valence-electron chi connectivity index (χ3n) is 4.11. The number of benzene rings is 2. The largest absolute Gasteiger partial charge is 0.382 e. The predicted molar refractivity (Wildman–Crippen MR) is 110 cm³/mol. The Labute approximate surface area is 165 Å². The molecule has 0 fully saturated rings. The molecule has 2 heterocycles. The summed E-state index contributed by atoms with van der Waals surface area (Å²) in [4.78, 5) is 4.51. The van der Waals surface area contributed by atoms with Gasteiger partial charge in [-0.15, -0.1) is 15.3 Å². The second kappa shape index (κ2) is 7.24. The first-order chi connectivity index (χ1) is 13.5. The standard InChI is InChI=1S/C19H17ClN8/c1-11-3-7-14(8-4-11)23-25-16-17(21)27-28-18(12(2)22-19(16)28)26-24-15-9-5-13(20)6-10-15/h3-10,27H,21H2,1-2H3. The molecule has 0 atom stereocenters. The summed E-state index contributed by atoms with van der Waals surface area (Å²) in [5, 5.41) is 20.7. The third kappa shape index (κ3) is 3.49. The van der Waals surface area contributed by atoms with Crippen molar-refractivity contribution < 1.29 is 0 Å². The number of aryl methyl sites for hydroxylation is 2. The fraction of sp³-hybridized carbons (Fsp3) is 0.105. The molecule has 28 heavy (non-hydrogen) atoms. The van der Waals surface area contributed by atoms with E-state index in [0.717, 1.165) is 11.3 Å². The van der Waals surface area contributed by atoms with E-state index in [1.807, 2.05) is 38.1 Å². The van der Waals surface area contributed by atoms with Crippen LogP contribution in [0.2, 0.25) is 5.02 Å². The van der Waals surface area contributed by atoms with Crippen molar-refractivity contribution in [3.8, 4) is 0 Å². The van der Waals surface area contributed by atoms with Gasteiger partial charge in [0.15, 0.2) is 17.2 Å². The number of aromatic amines is 1. The van der Waals surface area contributed by atoms with E-state index in [0.29, 0.717) is 39.4 Å². The number of imidazole rings is 1. The number of rotatable bonds is 4. The first-order valence-corrected chi connectivity index (χ1v) is 8.91. The normalized spacial score (nSPS) is 12.0. The van der Waals surface area contributed by atoms with Crippen LogP contribution >= 0.6 is 11.6 Å². The second-order valence-electron chi connectivity index (χ2n) is 6.27. The van der Waals surface area contributed by atoms with Crippen LogP contribution in [0, 0.1) is 13.8 Å². The van der Waals surface area contributed by atoms with Gasteiger partial charge in [-0.25, -0.2) is 9.50 Å². The minimum absolute atomic E-state index is 0.348. The number of hydrogen-bond donors (Lipinski definition) is 2. The van der Waals surface area contributed by atoms with Crippen molar-refractivity contribution in [2.24, 2.45) is 20.5 Å². The van der Waals surface area contributed by atoms with Gasteiger partial charge in [-0.05, 0) is 50.2 Å². The first kappa shape index (κ1) is 17.9. The molecule has 0 aliphatic heterocycles. The Morgan fingerprint density at radius 3 is 2.18 bits per heavy atom. The van der Waals surface area contributed by atoms with Gasteiger partial charge in [-0.3, -0.25) is 5.10 Å². The summed E-state index contributed by atoms with van der Waals surface area (Å²) in [6, 6.07) is 14.8. The predicted octanol–water partition coefficient (Wildman–Crippen LogP) is 6.35. The number of fused-ring (bicyclic) bond motifs is 1. The summed E-state index contributed by atoms with van der Waals surface area (Å²) in [5.74, 6) is 0.884. The lowest BCUT2D eigenvalue weighted by Crippen LogP contribution is -1.88. The lowest BCUT2D eigenvalue weighted by Gasteiger charge is -1.94. The molecule has 0 spiro atoms. The molecular formula is C19H17ClN8. The molecule has 4 rings (SSSR count). The molecule has 0 saturated carbocycles. The Bertz CT molecular complexity index is 1090. The van der Waals surface area contributed by atoms with Crippen molar-refractivity contribution in [3.05, 3.63) is 64.8 Å². The molecule has 0 amide bonds. The highest BCUT2D eigenvalue weighted by Crippen LogP contribution is 2.33. The summed E-state index contributed by atoms with van der Waals surface area (Å²) in [7, 11) is 0. The van der Waals surface area contributed by atoms with E-state index in [4.69, 9.17) is 17.3 Å². The summed E-state index contributed by atoms with van der Waals surface area (Å²) >= 11 is 5.89. The molecule has 4 aromatic rings. The molecule has 2 aromatic heterocycles. The minimum Gasteiger partial charge on any atom is -0.382 e. The molecule has 3 N–H and O–H groups in total. The molecule has 140 valence electrons. The minimum atomic E-state index is 0.348. The number of nitrogens with two attached hydrogens (primary N) is 1. The van der Waals surface area contributed by atoms with E-state index in [9.17, 15) is 0 Å². The smallest absolute Gasteiger partial charge is 0.197 e. The van der Waals surface area contributed by atoms with Crippen molar-refractivity contribution in [3.63, 3.8) is 0 Å². The Kier molecular flexibility index (Phi) is 4.62. The van der Waals surface area contributed by atoms with Gasteiger partial charge in [-0.1, -0.05) is 29.3 Å². The Balaban J connectivity index is 1.69. The molecule has 9 heteroatoms. The Morgan fingerprint density at radius 2 is 1.50 bits per heavy atom. The Hall–Kier alpha value is -3.52. The van der Waals surface area contributed by atoms with Crippen LogP contribution < -0.4 is 5.73 Å². The van der Waals surface area contributed by atoms with E-state index in [-0.39, 0.29) is 0 Å². The molecule has 0 aliphatic rings. The number of H-pyrrole nitrogens is 1. The van der Waals surface area contributed by atoms with Gasteiger partial charge in [0.25, 0.3) is 0 Å². The monoisotopic (exact) mass is 392 g/mol. The van der Waals surface area contributed by atoms with Crippen molar-refractivity contribution in [2.75, 3.05) is 5.73 Å². The van der Waals surface area contributed by atoms with Gasteiger partial charge in [-0.2, -0.15) is 5.11 Å². The maximum Gasteiger partial charge on any atom is 0.197 e. The van der Waals surface area contributed by atoms with E-state index in [1.54, 1.807) is 28.8 Å². The summed E-state index contributed by atoms with van der Waals surface area (Å²) in [6.45, 7) is 3.86. The quantitative estimate of drug-likeness (QED) is 0.395. The molecule has 0 saturated heterocycles. The molecule has 8 nitrogen and oxygen atoms in total. The van der Waals surface area contributed by atoms with Crippen LogP contribution in [-0.4, -0.2) is 14.6 Å². The number of nitrogens with one attached hydrogen (secondary N) is 1. The van der Waals surface area contributed by atoms with Crippen LogP contribution in [0.3, 0.4) is 0 Å². The average Bonchev–Trinajstić information content (AvgIpc) is 3.14. The average molecular weight is 393 g/mol. The van der Waals surface area contributed by atoms with Crippen LogP contribution in [0.5, 0.6) is 0 Å². The van der Waals surface area contributed by atoms with Crippen LogP contribution in [-0.2, 0) is 0 Å². The second-order valence-corrected chi connectivity index (χ2v) is 6.70. The van der Waals surface area contributed by atoms with Gasteiger partial charge in [0, 0.05) is 5.02 Å². The van der Waals surface area contributed by atoms with Gasteiger partial charge in [0.1, 0.15) is 5.82 Å². The molecule has 0 aliphatic carbocycles. The fourth-order valence-electron chi connectivity index (χ4n) is 2.63. The van der Waals surface area contributed by atoms with E-state index >= 15 is 0 Å². The fourth-order valence-corrected chi connectivity index (χ4v) is 2.75. The summed E-state index contributed by atoms with van der Waals surface area (Å²) in [6.07, 6.45) is 0. The number of nitrogen functional groups attached to an aromatic ring is 1. The molecule has 0 bridgehead atoms. The molecule has 2 aromatic carbocycles. The summed E-state index contributed by atoms with van der Waals surface area (Å²) < 4.78 is 1.65. The lowest BCUT2D eigenvalue weighted by atomic mass is 10.2. The first-order valence-electron chi connectivity index (χ1n) is 8.53. The van der Waals surface area contributed by atoms with Crippen molar-refractivity contribution in [1.82, 2.24) is 14.6 Å². The topological polar surface area (TPSA) is 109 Å². The van der Waals surface area contributed by atoms with Crippen molar-refractivity contribution in [2.45, 2.75) is 13.8 Å². The van der Waals surface area contributed by atoms with Gasteiger partial charge in [0.2, 0.25) is 0 Å². The van der Waals surface area contributed by atoms with Gasteiger partial charge < -0.3 is 5.73 Å². The summed E-state index contributed by atoms with van der Waals surface area (Å²) in [5.41, 5.74) is 10.3. The highest BCUT2D eigenvalue weighted by atomic mass is 35.5. The number of hydrogen-bond acceptors (Lipinski definition) is 6. The van der Waals surface area contributed by atoms with Crippen LogP contribution in [0.4, 0.5) is 28.7 Å². The van der Waals surface area contributed by atoms with E-state index in [1.165, 1.54) is 0 Å². The van der Waals surface area contributed by atoms with E-state index in [2.05, 4.69) is 30.5 Å². The lowest BCUT2D eigenvalue weighted by molar-refractivity contribution is 0.954. The zero-order valence-electron chi connectivity index (χ0n) is 15.3. The highest BCUT2D eigenvalue weighted by Gasteiger charge is 2.17. The van der Waals surface area contributed by atoms with Crippen LogP contribution in [0.15, 0.2) is 69.0 Å². The van der Waals surface area contributed by atoms with Crippen LogP contribution in [0.25, 0.3) is 5.65 Å². The zero-order valence-corrected chi connectivity index (χ0v) is 16.0. The van der Waals surface area contributed by atoms with Crippen LogP contribution in [0.1, 0.15) is 11.3 Å². The SMILES string of the molecule is Cc1ccc(N=Nc2c(N)[nH]n3c(N=Nc4ccc(Cl)cc4)c(C)nc23)cc1. The number of nitrogens with zero attached hydrogens (tertiary/aromatic N) is 6. The van der Waals surface area contributed by atoms with Gasteiger partial charge in [0.05, 0.1) is 17.1 Å². The third-order valence-corrected chi connectivity index (χ3v) is 4.36. The number of aromatic nitrogens is 3. The number of azo groups is 2. The Morgan fingerprint density at radius 1 is 0.893 bits per heavy atom. The zero-order chi connectivity index (χ0) is 19.7. The molecule has 0 radical (unpaired) electrons. The van der Waals surface area contributed by atoms with Crippen molar-refractivity contribution in [1.29, 1.82) is 0 Å². The molecular weight excluding hydrogens is 376 g/mol. The molecule has 0 unspecified atom stereocenters. The highest BCUT2D eigenvalue weighted by molar-refractivity contribution is 6.30. The van der Waals surface area contributed by atoms with E-state index < -0.39 is 0 Å². The number of halogens is 1. The maximum atomic E-state index is 6.07. The maximum absolute atomic E-state index is 6.07. The number of anilines is 1. The van der Waals surface area contributed by atoms with Gasteiger partial charge >= 0.3 is 0 Å².